The Bertz CT molecular complexity index is 510. The molecular weight excluding hydrogens is 226 g/mol. The maximum Gasteiger partial charge on any atom is 0.279 e. The third-order valence-corrected chi connectivity index (χ3v) is 3.17. The van der Waals surface area contributed by atoms with Crippen molar-refractivity contribution in [2.45, 2.75) is 20.8 Å². The summed E-state index contributed by atoms with van der Waals surface area (Å²) in [5.74, 6) is -0.292. The van der Waals surface area contributed by atoms with Gasteiger partial charge in [-0.15, -0.1) is 11.3 Å². The molecule has 2 N–H and O–H groups in total. The predicted octanol–water partition coefficient (Wildman–Crippen LogP) is 1.44. The first kappa shape index (κ1) is 10.7. The summed E-state index contributed by atoms with van der Waals surface area (Å²) in [5, 5.41) is 13.2. The Morgan fingerprint density at radius 2 is 2.00 bits per heavy atom. The van der Waals surface area contributed by atoms with Crippen LogP contribution >= 0.6 is 11.3 Å². The highest BCUT2D eigenvalue weighted by Gasteiger charge is 2.15. The molecule has 84 valence electrons. The van der Waals surface area contributed by atoms with Crippen molar-refractivity contribution < 1.29 is 4.79 Å². The molecule has 0 fully saturated rings. The first-order chi connectivity index (χ1) is 7.58. The third-order valence-electron chi connectivity index (χ3n) is 2.19. The minimum atomic E-state index is -0.292. The Kier molecular flexibility index (Phi) is 2.69. The molecule has 2 rings (SSSR count). The first-order valence-electron chi connectivity index (χ1n) is 4.70. The molecule has 0 saturated heterocycles. The number of hydrogen-bond acceptors (Lipinski definition) is 5. The highest BCUT2D eigenvalue weighted by molar-refractivity contribution is 7.15. The van der Waals surface area contributed by atoms with Gasteiger partial charge in [-0.3, -0.25) is 10.1 Å². The van der Waals surface area contributed by atoms with Gasteiger partial charge in [0.1, 0.15) is 0 Å². The smallest absolute Gasteiger partial charge is 0.279 e. The maximum absolute atomic E-state index is 11.7. The van der Waals surface area contributed by atoms with Crippen LogP contribution in [0.25, 0.3) is 0 Å². The molecule has 0 aliphatic rings. The summed E-state index contributed by atoms with van der Waals surface area (Å²) in [6, 6.07) is 0. The molecule has 2 aromatic heterocycles. The van der Waals surface area contributed by atoms with Gasteiger partial charge in [-0.25, -0.2) is 4.98 Å². The van der Waals surface area contributed by atoms with Crippen molar-refractivity contribution in [2.24, 2.45) is 0 Å². The van der Waals surface area contributed by atoms with E-state index in [1.165, 1.54) is 11.3 Å². The van der Waals surface area contributed by atoms with Crippen molar-refractivity contribution in [2.75, 3.05) is 5.32 Å². The largest absolute Gasteiger partial charge is 0.296 e. The van der Waals surface area contributed by atoms with Gasteiger partial charge in [0.05, 0.1) is 11.4 Å². The number of H-pyrrole nitrogens is 1. The van der Waals surface area contributed by atoms with E-state index in [4.69, 9.17) is 0 Å². The summed E-state index contributed by atoms with van der Waals surface area (Å²) < 4.78 is 0. The fourth-order valence-corrected chi connectivity index (χ4v) is 1.99. The van der Waals surface area contributed by atoms with Crippen molar-refractivity contribution in [1.82, 2.24) is 20.4 Å². The number of nitrogens with zero attached hydrogens (tertiary/aromatic N) is 3. The van der Waals surface area contributed by atoms with E-state index in [0.717, 1.165) is 10.6 Å². The van der Waals surface area contributed by atoms with Crippen molar-refractivity contribution in [1.29, 1.82) is 0 Å². The summed E-state index contributed by atoms with van der Waals surface area (Å²) in [4.78, 5) is 17.1. The minimum absolute atomic E-state index is 0.292. The lowest BCUT2D eigenvalue weighted by Gasteiger charge is -1.97. The Balaban J connectivity index is 2.17. The van der Waals surface area contributed by atoms with E-state index < -0.39 is 0 Å². The van der Waals surface area contributed by atoms with Gasteiger partial charge in [0, 0.05) is 4.88 Å². The van der Waals surface area contributed by atoms with Crippen LogP contribution in [0.4, 0.5) is 5.13 Å². The van der Waals surface area contributed by atoms with E-state index in [9.17, 15) is 4.79 Å². The molecule has 0 saturated carbocycles. The molecule has 16 heavy (non-hydrogen) atoms. The molecule has 0 unspecified atom stereocenters. The van der Waals surface area contributed by atoms with Crippen LogP contribution in [-0.2, 0) is 0 Å². The summed E-state index contributed by atoms with van der Waals surface area (Å²) >= 11 is 1.44. The van der Waals surface area contributed by atoms with Crippen LogP contribution < -0.4 is 5.32 Å². The average Bonchev–Trinajstić information content (AvgIpc) is 2.74. The van der Waals surface area contributed by atoms with Crippen molar-refractivity contribution in [3.05, 3.63) is 22.0 Å². The second kappa shape index (κ2) is 4.01. The number of rotatable bonds is 2. The minimum Gasteiger partial charge on any atom is -0.296 e. The van der Waals surface area contributed by atoms with Crippen LogP contribution in [0, 0.1) is 20.8 Å². The van der Waals surface area contributed by atoms with E-state index in [1.807, 2.05) is 13.8 Å². The fraction of sp³-hybridized carbons (Fsp3) is 0.333. The topological polar surface area (TPSA) is 83.6 Å². The molecule has 2 aromatic rings. The van der Waals surface area contributed by atoms with E-state index in [1.54, 1.807) is 6.92 Å². The highest BCUT2D eigenvalue weighted by atomic mass is 32.1. The lowest BCUT2D eigenvalue weighted by Crippen LogP contribution is -2.13. The molecule has 0 aromatic carbocycles. The zero-order valence-electron chi connectivity index (χ0n) is 9.16. The number of thiazole rings is 1. The van der Waals surface area contributed by atoms with Gasteiger partial charge < -0.3 is 0 Å². The Labute approximate surface area is 96.1 Å². The zero-order chi connectivity index (χ0) is 11.7. The van der Waals surface area contributed by atoms with Gasteiger partial charge >= 0.3 is 0 Å². The molecule has 6 nitrogen and oxygen atoms in total. The molecule has 7 heteroatoms. The molecule has 0 atom stereocenters. The quantitative estimate of drug-likeness (QED) is 0.827. The summed E-state index contributed by atoms with van der Waals surface area (Å²) in [5.41, 5.74) is 1.80. The van der Waals surface area contributed by atoms with E-state index in [-0.39, 0.29) is 5.91 Å². The van der Waals surface area contributed by atoms with Crippen molar-refractivity contribution in [3.8, 4) is 0 Å². The summed E-state index contributed by atoms with van der Waals surface area (Å²) in [6.07, 6.45) is 0. The second-order valence-electron chi connectivity index (χ2n) is 3.37. The van der Waals surface area contributed by atoms with E-state index in [0.29, 0.717) is 16.5 Å². The number of carbonyl (C=O) groups is 1. The van der Waals surface area contributed by atoms with Crippen LogP contribution in [0.3, 0.4) is 0 Å². The number of aromatic amines is 1. The molecule has 0 radical (unpaired) electrons. The van der Waals surface area contributed by atoms with Gasteiger partial charge in [0.2, 0.25) is 0 Å². The summed E-state index contributed by atoms with van der Waals surface area (Å²) in [6.45, 7) is 5.59. The lowest BCUT2D eigenvalue weighted by molar-refractivity contribution is 0.102. The molecule has 2 heterocycles. The number of carbonyl (C=O) groups excluding carboxylic acids is 1. The normalized spacial score (nSPS) is 10.4. The lowest BCUT2D eigenvalue weighted by atomic mass is 10.3. The Hall–Kier alpha value is -1.76. The van der Waals surface area contributed by atoms with Crippen LogP contribution in [0.2, 0.25) is 0 Å². The average molecular weight is 237 g/mol. The van der Waals surface area contributed by atoms with E-state index in [2.05, 4.69) is 25.7 Å². The van der Waals surface area contributed by atoms with E-state index >= 15 is 0 Å². The fourth-order valence-electron chi connectivity index (χ4n) is 1.18. The maximum atomic E-state index is 11.7. The van der Waals surface area contributed by atoms with Crippen LogP contribution in [0.5, 0.6) is 0 Å². The molecule has 0 bridgehead atoms. The molecular formula is C9H11N5OS. The number of aromatic nitrogens is 4. The van der Waals surface area contributed by atoms with Gasteiger partial charge in [0.25, 0.3) is 5.91 Å². The Morgan fingerprint density at radius 1 is 1.25 bits per heavy atom. The monoisotopic (exact) mass is 237 g/mol. The first-order valence-corrected chi connectivity index (χ1v) is 5.52. The van der Waals surface area contributed by atoms with Gasteiger partial charge in [-0.05, 0) is 20.8 Å². The Morgan fingerprint density at radius 3 is 2.50 bits per heavy atom. The third kappa shape index (κ3) is 1.94. The van der Waals surface area contributed by atoms with Crippen LogP contribution in [0.1, 0.15) is 26.8 Å². The molecule has 0 aliphatic carbocycles. The van der Waals surface area contributed by atoms with Gasteiger partial charge in [-0.1, -0.05) is 0 Å². The predicted molar refractivity (Wildman–Crippen MR) is 60.7 cm³/mol. The number of hydrogen-bond donors (Lipinski definition) is 2. The second-order valence-corrected chi connectivity index (χ2v) is 4.58. The van der Waals surface area contributed by atoms with Crippen molar-refractivity contribution in [3.63, 3.8) is 0 Å². The zero-order valence-corrected chi connectivity index (χ0v) is 9.97. The van der Waals surface area contributed by atoms with Gasteiger partial charge in [-0.2, -0.15) is 15.4 Å². The number of amides is 1. The molecule has 1 amide bonds. The SMILES string of the molecule is Cc1n[nH]nc1C(=O)Nc1nc(C)c(C)s1. The summed E-state index contributed by atoms with van der Waals surface area (Å²) in [7, 11) is 0. The number of aryl methyl sites for hydroxylation is 3. The van der Waals surface area contributed by atoms with Gasteiger partial charge in [0.15, 0.2) is 10.8 Å². The number of anilines is 1. The highest BCUT2D eigenvalue weighted by Crippen LogP contribution is 2.21. The van der Waals surface area contributed by atoms with Crippen LogP contribution in [-0.4, -0.2) is 26.3 Å². The van der Waals surface area contributed by atoms with Crippen LogP contribution in [0.15, 0.2) is 0 Å². The molecule has 0 spiro atoms. The molecule has 0 aliphatic heterocycles. The number of nitrogens with one attached hydrogen (secondary N) is 2. The van der Waals surface area contributed by atoms with Crippen molar-refractivity contribution >= 4 is 22.4 Å². The standard InChI is InChI=1S/C9H11N5OS/c1-4-6(3)16-9(10-4)11-8(15)7-5(2)12-14-13-7/h1-3H3,(H,10,11,15)(H,12,13,14).